The minimum Gasteiger partial charge on any atom is -0.481 e. The Kier molecular flexibility index (Phi) is 11.6. The number of aromatic nitrogens is 1. The second-order valence-corrected chi connectivity index (χ2v) is 10.8. The van der Waals surface area contributed by atoms with Crippen molar-refractivity contribution in [3.05, 3.63) is 70.7 Å². The highest BCUT2D eigenvalue weighted by Gasteiger charge is 2.29. The molecule has 8 nitrogen and oxygen atoms in total. The summed E-state index contributed by atoms with van der Waals surface area (Å²) in [6.45, 7) is 8.29. The van der Waals surface area contributed by atoms with Crippen molar-refractivity contribution in [1.82, 2.24) is 20.1 Å². The highest BCUT2D eigenvalue weighted by atomic mass is 32.1. The molecule has 1 aromatic carbocycles. The number of nitrogens with zero attached hydrogens (tertiary/aromatic N) is 3. The number of likely N-dealkylation sites (tertiary alicyclic amines) is 1. The van der Waals surface area contributed by atoms with Crippen LogP contribution in [0.1, 0.15) is 54.0 Å². The molecule has 2 fully saturated rings. The number of benzene rings is 1. The number of unbranched alkanes of at least 4 members (excludes halogenated alkanes) is 1. The van der Waals surface area contributed by atoms with Gasteiger partial charge in [-0.25, -0.2) is 4.98 Å². The van der Waals surface area contributed by atoms with Gasteiger partial charge in [0, 0.05) is 50.6 Å². The van der Waals surface area contributed by atoms with E-state index < -0.39 is 6.10 Å². The summed E-state index contributed by atoms with van der Waals surface area (Å²) < 4.78 is 11.2. The van der Waals surface area contributed by atoms with Crippen LogP contribution < -0.4 is 10.1 Å². The molecule has 2 aromatic rings. The molecule has 2 aliphatic rings. The molecule has 0 spiro atoms. The van der Waals surface area contributed by atoms with Gasteiger partial charge in [-0.05, 0) is 44.7 Å². The van der Waals surface area contributed by atoms with Crippen molar-refractivity contribution in [3.8, 4) is 5.75 Å². The standard InChI is InChI=1S/C30H40N4O4S/c1-24(38-26-11-7-6-8-12-26)30(36)34-17-13-25(14-18-34)29-32-27(23-39-29)28(35)31-15-9-4-2-3-5-10-16-33-19-21-37-22-20-33/h4-12,23-25H,2-3,13-22H2,1H3,(H,31,35)/b9-4-,10-5-. The Morgan fingerprint density at radius 2 is 1.79 bits per heavy atom. The maximum absolute atomic E-state index is 12.8. The number of hydrogen-bond donors (Lipinski definition) is 1. The molecule has 0 radical (unpaired) electrons. The van der Waals surface area contributed by atoms with Crippen LogP contribution in [0.25, 0.3) is 0 Å². The van der Waals surface area contributed by atoms with Gasteiger partial charge in [0.1, 0.15) is 11.4 Å². The Morgan fingerprint density at radius 1 is 1.08 bits per heavy atom. The van der Waals surface area contributed by atoms with Gasteiger partial charge in [0.15, 0.2) is 6.10 Å². The molecule has 9 heteroatoms. The fourth-order valence-electron chi connectivity index (χ4n) is 4.70. The number of allylic oxidation sites excluding steroid dienone is 2. The average Bonchev–Trinajstić information content (AvgIpc) is 3.48. The van der Waals surface area contributed by atoms with Crippen LogP contribution in [0.4, 0.5) is 0 Å². The topological polar surface area (TPSA) is 84.0 Å². The number of para-hydroxylation sites is 1. The number of carbonyl (C=O) groups excluding carboxylic acids is 2. The van der Waals surface area contributed by atoms with Crippen LogP contribution >= 0.6 is 11.3 Å². The highest BCUT2D eigenvalue weighted by Crippen LogP contribution is 2.30. The lowest BCUT2D eigenvalue weighted by atomic mass is 9.97. The van der Waals surface area contributed by atoms with E-state index in [4.69, 9.17) is 9.47 Å². The maximum atomic E-state index is 12.8. The van der Waals surface area contributed by atoms with Crippen molar-refractivity contribution >= 4 is 23.2 Å². The molecule has 0 bridgehead atoms. The third-order valence-electron chi connectivity index (χ3n) is 7.00. The monoisotopic (exact) mass is 552 g/mol. The first-order valence-electron chi connectivity index (χ1n) is 13.9. The number of ether oxygens (including phenoxy) is 2. The number of rotatable bonds is 12. The lowest BCUT2D eigenvalue weighted by molar-refractivity contribution is -0.139. The Morgan fingerprint density at radius 3 is 2.54 bits per heavy atom. The molecule has 1 N–H and O–H groups in total. The quantitative estimate of drug-likeness (QED) is 0.313. The number of thiazole rings is 1. The summed E-state index contributed by atoms with van der Waals surface area (Å²) in [4.78, 5) is 34.3. The zero-order valence-corrected chi connectivity index (χ0v) is 23.6. The van der Waals surface area contributed by atoms with Crippen LogP contribution in [0.5, 0.6) is 5.75 Å². The minimum absolute atomic E-state index is 0.00794. The van der Waals surface area contributed by atoms with Crippen molar-refractivity contribution in [2.45, 2.75) is 44.6 Å². The summed E-state index contributed by atoms with van der Waals surface area (Å²) in [5, 5.41) is 5.74. The molecule has 2 aliphatic heterocycles. The summed E-state index contributed by atoms with van der Waals surface area (Å²) in [7, 11) is 0. The van der Waals surface area contributed by atoms with Gasteiger partial charge >= 0.3 is 0 Å². The van der Waals surface area contributed by atoms with Crippen molar-refractivity contribution in [2.24, 2.45) is 0 Å². The zero-order valence-electron chi connectivity index (χ0n) is 22.8. The predicted octanol–water partition coefficient (Wildman–Crippen LogP) is 4.27. The average molecular weight is 553 g/mol. The van der Waals surface area contributed by atoms with Crippen LogP contribution in [-0.2, 0) is 9.53 Å². The Hall–Kier alpha value is -3.01. The van der Waals surface area contributed by atoms with Crippen LogP contribution in [0.2, 0.25) is 0 Å². The van der Waals surface area contributed by atoms with Crippen LogP contribution in [0.15, 0.2) is 60.0 Å². The fourth-order valence-corrected chi connectivity index (χ4v) is 5.67. The van der Waals surface area contributed by atoms with E-state index in [-0.39, 0.29) is 17.7 Å². The summed E-state index contributed by atoms with van der Waals surface area (Å²) in [5.41, 5.74) is 0.470. The maximum Gasteiger partial charge on any atom is 0.271 e. The summed E-state index contributed by atoms with van der Waals surface area (Å²) in [6.07, 6.45) is 11.6. The lowest BCUT2D eigenvalue weighted by Crippen LogP contribution is -2.44. The molecule has 1 aromatic heterocycles. The number of amides is 2. The predicted molar refractivity (Wildman–Crippen MR) is 154 cm³/mol. The Bertz CT molecular complexity index is 1090. The molecule has 39 heavy (non-hydrogen) atoms. The van der Waals surface area contributed by atoms with Crippen molar-refractivity contribution < 1.29 is 19.1 Å². The SMILES string of the molecule is CC(Oc1ccccc1)C(=O)N1CCC(c2nc(C(=O)NC/C=C\CC/C=C\CN3CCOCC3)cs2)CC1. The normalized spacial score (nSPS) is 18.0. The third-order valence-corrected chi connectivity index (χ3v) is 8.00. The van der Waals surface area contributed by atoms with Gasteiger partial charge < -0.3 is 19.7 Å². The Balaban J connectivity index is 1.11. The second kappa shape index (κ2) is 15.5. The molecule has 3 heterocycles. The number of nitrogens with one attached hydrogen (secondary N) is 1. The summed E-state index contributed by atoms with van der Waals surface area (Å²) in [5.74, 6) is 0.826. The van der Waals surface area contributed by atoms with Gasteiger partial charge in [0.25, 0.3) is 11.8 Å². The Labute approximate surface area is 235 Å². The molecule has 2 amide bonds. The first-order chi connectivity index (χ1) is 19.1. The van der Waals surface area contributed by atoms with E-state index in [2.05, 4.69) is 33.4 Å². The highest BCUT2D eigenvalue weighted by molar-refractivity contribution is 7.09. The first-order valence-corrected chi connectivity index (χ1v) is 14.8. The molecule has 4 rings (SSSR count). The zero-order chi connectivity index (χ0) is 27.3. The van der Waals surface area contributed by atoms with Gasteiger partial charge in [-0.15, -0.1) is 11.3 Å². The van der Waals surface area contributed by atoms with Crippen molar-refractivity contribution in [1.29, 1.82) is 0 Å². The summed E-state index contributed by atoms with van der Waals surface area (Å²) >= 11 is 1.53. The van der Waals surface area contributed by atoms with E-state index >= 15 is 0 Å². The van der Waals surface area contributed by atoms with E-state index in [9.17, 15) is 9.59 Å². The largest absolute Gasteiger partial charge is 0.481 e. The number of piperidine rings is 1. The van der Waals surface area contributed by atoms with Gasteiger partial charge in [0.2, 0.25) is 0 Å². The number of carbonyl (C=O) groups is 2. The molecule has 210 valence electrons. The van der Waals surface area contributed by atoms with Gasteiger partial charge in [-0.2, -0.15) is 0 Å². The molecular formula is C30H40N4O4S. The van der Waals surface area contributed by atoms with Crippen LogP contribution in [0, 0.1) is 0 Å². The molecular weight excluding hydrogens is 512 g/mol. The van der Waals surface area contributed by atoms with E-state index in [0.717, 1.165) is 63.5 Å². The van der Waals surface area contributed by atoms with E-state index in [1.807, 2.05) is 46.7 Å². The minimum atomic E-state index is -0.523. The third kappa shape index (κ3) is 9.30. The van der Waals surface area contributed by atoms with Crippen LogP contribution in [-0.4, -0.2) is 85.2 Å². The number of morpholine rings is 1. The van der Waals surface area contributed by atoms with Gasteiger partial charge in [-0.3, -0.25) is 14.5 Å². The molecule has 1 unspecified atom stereocenters. The smallest absolute Gasteiger partial charge is 0.271 e. The van der Waals surface area contributed by atoms with Crippen LogP contribution in [0.3, 0.4) is 0 Å². The fraction of sp³-hybridized carbons (Fsp3) is 0.500. The van der Waals surface area contributed by atoms with Gasteiger partial charge in [-0.1, -0.05) is 42.5 Å². The number of hydrogen-bond acceptors (Lipinski definition) is 7. The molecule has 2 saturated heterocycles. The molecule has 0 aliphatic carbocycles. The first kappa shape index (κ1) is 29.0. The van der Waals surface area contributed by atoms with Gasteiger partial charge in [0.05, 0.1) is 18.2 Å². The molecule has 1 atom stereocenters. The van der Waals surface area contributed by atoms with Crippen molar-refractivity contribution in [2.75, 3.05) is 52.5 Å². The van der Waals surface area contributed by atoms with Crippen molar-refractivity contribution in [3.63, 3.8) is 0 Å². The van der Waals surface area contributed by atoms with E-state index in [0.29, 0.717) is 31.1 Å². The van der Waals surface area contributed by atoms with E-state index in [1.165, 1.54) is 11.3 Å². The van der Waals surface area contributed by atoms with E-state index in [1.54, 1.807) is 6.92 Å². The second-order valence-electron chi connectivity index (χ2n) is 9.89. The summed E-state index contributed by atoms with van der Waals surface area (Å²) in [6, 6.07) is 9.42. The lowest BCUT2D eigenvalue weighted by Gasteiger charge is -2.32. The molecule has 0 saturated carbocycles.